The zero-order chi connectivity index (χ0) is 13.9. The summed E-state index contributed by atoms with van der Waals surface area (Å²) in [6.07, 6.45) is 3.56. The van der Waals surface area contributed by atoms with Crippen LogP contribution in [0.15, 0.2) is 66.2 Å². The van der Waals surface area contributed by atoms with Gasteiger partial charge in [-0.1, -0.05) is 41.9 Å². The van der Waals surface area contributed by atoms with E-state index in [9.17, 15) is 4.79 Å². The molecule has 0 radical (unpaired) electrons. The summed E-state index contributed by atoms with van der Waals surface area (Å²) < 4.78 is 5.28. The molecule has 0 unspecified atom stereocenters. The van der Waals surface area contributed by atoms with E-state index >= 15 is 0 Å². The first-order chi connectivity index (χ1) is 9.72. The van der Waals surface area contributed by atoms with E-state index in [-0.39, 0.29) is 5.97 Å². The lowest BCUT2D eigenvalue weighted by Crippen LogP contribution is -1.97. The van der Waals surface area contributed by atoms with Crippen LogP contribution in [0.4, 0.5) is 0 Å². The standard InChI is InChI=1S/C17H11ClO2/c18-15-8-6-13(7-9-15)16-11-14(17(19)20-16)10-12-4-2-1-3-5-12/h1-11H/b14-10-. The third-order valence-electron chi connectivity index (χ3n) is 2.98. The monoisotopic (exact) mass is 282 g/mol. The molecule has 2 aromatic carbocycles. The maximum absolute atomic E-state index is 11.9. The Morgan fingerprint density at radius 1 is 0.950 bits per heavy atom. The van der Waals surface area contributed by atoms with Gasteiger partial charge < -0.3 is 4.74 Å². The van der Waals surface area contributed by atoms with Crippen molar-refractivity contribution in [3.63, 3.8) is 0 Å². The number of rotatable bonds is 2. The highest BCUT2D eigenvalue weighted by molar-refractivity contribution is 6.30. The van der Waals surface area contributed by atoms with Crippen LogP contribution in [0.25, 0.3) is 11.8 Å². The second-order valence-electron chi connectivity index (χ2n) is 4.42. The molecule has 0 saturated heterocycles. The molecule has 3 heteroatoms. The quantitative estimate of drug-likeness (QED) is 0.606. The predicted octanol–water partition coefficient (Wildman–Crippen LogP) is 4.32. The minimum Gasteiger partial charge on any atom is -0.422 e. The molecule has 1 heterocycles. The topological polar surface area (TPSA) is 26.3 Å². The third-order valence-corrected chi connectivity index (χ3v) is 3.23. The number of halogens is 1. The number of ether oxygens (including phenoxy) is 1. The van der Waals surface area contributed by atoms with Crippen molar-refractivity contribution in [1.82, 2.24) is 0 Å². The average Bonchev–Trinajstić information content (AvgIpc) is 2.82. The zero-order valence-corrected chi connectivity index (χ0v) is 11.3. The molecular formula is C17H11ClO2. The molecule has 0 N–H and O–H groups in total. The SMILES string of the molecule is O=C1OC(c2ccc(Cl)cc2)=C/C1=C/c1ccccc1. The minimum atomic E-state index is -0.334. The first-order valence-electron chi connectivity index (χ1n) is 6.19. The van der Waals surface area contributed by atoms with Crippen LogP contribution in [0.3, 0.4) is 0 Å². The summed E-state index contributed by atoms with van der Waals surface area (Å²) in [5, 5.41) is 0.652. The molecule has 2 aromatic rings. The number of hydrogen-bond acceptors (Lipinski definition) is 2. The van der Waals surface area contributed by atoms with Gasteiger partial charge in [-0.05, 0) is 42.0 Å². The molecule has 1 aliphatic heterocycles. The molecular weight excluding hydrogens is 272 g/mol. The van der Waals surface area contributed by atoms with Gasteiger partial charge in [0.1, 0.15) is 5.76 Å². The number of carbonyl (C=O) groups is 1. The van der Waals surface area contributed by atoms with Crippen LogP contribution in [0.2, 0.25) is 5.02 Å². The Morgan fingerprint density at radius 3 is 2.35 bits per heavy atom. The van der Waals surface area contributed by atoms with Gasteiger partial charge in [0.2, 0.25) is 0 Å². The van der Waals surface area contributed by atoms with E-state index in [4.69, 9.17) is 16.3 Å². The maximum atomic E-state index is 11.9. The van der Waals surface area contributed by atoms with E-state index in [0.29, 0.717) is 16.4 Å². The summed E-state index contributed by atoms with van der Waals surface area (Å²) in [6.45, 7) is 0. The van der Waals surface area contributed by atoms with Gasteiger partial charge in [0.05, 0.1) is 5.57 Å². The molecule has 20 heavy (non-hydrogen) atoms. The fraction of sp³-hybridized carbons (Fsp3) is 0. The van der Waals surface area contributed by atoms with Crippen LogP contribution in [0, 0.1) is 0 Å². The van der Waals surface area contributed by atoms with E-state index < -0.39 is 0 Å². The highest BCUT2D eigenvalue weighted by atomic mass is 35.5. The molecule has 0 aliphatic carbocycles. The summed E-state index contributed by atoms with van der Waals surface area (Å²) in [6, 6.07) is 16.9. The first-order valence-corrected chi connectivity index (χ1v) is 6.57. The van der Waals surface area contributed by atoms with Crippen molar-refractivity contribution < 1.29 is 9.53 Å². The summed E-state index contributed by atoms with van der Waals surface area (Å²) in [7, 11) is 0. The molecule has 0 atom stereocenters. The molecule has 2 nitrogen and oxygen atoms in total. The van der Waals surface area contributed by atoms with E-state index in [0.717, 1.165) is 11.1 Å². The number of carbonyl (C=O) groups excluding carboxylic acids is 1. The van der Waals surface area contributed by atoms with Gasteiger partial charge in [-0.2, -0.15) is 0 Å². The van der Waals surface area contributed by atoms with Gasteiger partial charge in [-0.25, -0.2) is 4.79 Å². The van der Waals surface area contributed by atoms with Crippen LogP contribution in [-0.2, 0) is 9.53 Å². The molecule has 0 spiro atoms. The van der Waals surface area contributed by atoms with Crippen molar-refractivity contribution in [3.8, 4) is 0 Å². The van der Waals surface area contributed by atoms with Gasteiger partial charge in [0.15, 0.2) is 0 Å². The fourth-order valence-electron chi connectivity index (χ4n) is 1.97. The average molecular weight is 283 g/mol. The third kappa shape index (κ3) is 2.65. The number of benzene rings is 2. The number of hydrogen-bond donors (Lipinski definition) is 0. The summed E-state index contributed by atoms with van der Waals surface area (Å²) in [5.41, 5.74) is 2.34. The van der Waals surface area contributed by atoms with Crippen LogP contribution in [-0.4, -0.2) is 5.97 Å². The van der Waals surface area contributed by atoms with Crippen LogP contribution in [0.5, 0.6) is 0 Å². The molecule has 0 bridgehead atoms. The summed E-state index contributed by atoms with van der Waals surface area (Å²) in [5.74, 6) is 0.215. The number of esters is 1. The molecule has 0 fully saturated rings. The Hall–Kier alpha value is -2.32. The van der Waals surface area contributed by atoms with Crippen LogP contribution < -0.4 is 0 Å². The molecule has 0 amide bonds. The Bertz CT molecular complexity index is 698. The van der Waals surface area contributed by atoms with E-state index in [1.807, 2.05) is 48.5 Å². The largest absolute Gasteiger partial charge is 0.422 e. The minimum absolute atomic E-state index is 0.334. The summed E-state index contributed by atoms with van der Waals surface area (Å²) in [4.78, 5) is 11.9. The lowest BCUT2D eigenvalue weighted by atomic mass is 10.1. The highest BCUT2D eigenvalue weighted by Gasteiger charge is 2.21. The predicted molar refractivity (Wildman–Crippen MR) is 79.9 cm³/mol. The molecule has 98 valence electrons. The Kier molecular flexibility index (Phi) is 3.40. The van der Waals surface area contributed by atoms with Crippen LogP contribution in [0.1, 0.15) is 11.1 Å². The smallest absolute Gasteiger partial charge is 0.343 e. The van der Waals surface area contributed by atoms with Gasteiger partial charge >= 0.3 is 5.97 Å². The normalized spacial score (nSPS) is 16.1. The maximum Gasteiger partial charge on any atom is 0.343 e. The van der Waals surface area contributed by atoms with Gasteiger partial charge in [-0.15, -0.1) is 0 Å². The van der Waals surface area contributed by atoms with Crippen LogP contribution >= 0.6 is 11.6 Å². The molecule has 1 aliphatic rings. The van der Waals surface area contributed by atoms with Crippen molar-refractivity contribution in [3.05, 3.63) is 82.4 Å². The Morgan fingerprint density at radius 2 is 1.65 bits per heavy atom. The van der Waals surface area contributed by atoms with E-state index in [2.05, 4.69) is 0 Å². The Labute approximate surface area is 122 Å². The second-order valence-corrected chi connectivity index (χ2v) is 4.85. The van der Waals surface area contributed by atoms with Crippen molar-refractivity contribution in [1.29, 1.82) is 0 Å². The van der Waals surface area contributed by atoms with E-state index in [1.165, 1.54) is 0 Å². The van der Waals surface area contributed by atoms with Gasteiger partial charge in [0, 0.05) is 10.6 Å². The van der Waals surface area contributed by atoms with Gasteiger partial charge in [0.25, 0.3) is 0 Å². The van der Waals surface area contributed by atoms with Crippen molar-refractivity contribution in [2.45, 2.75) is 0 Å². The molecule has 3 rings (SSSR count). The van der Waals surface area contributed by atoms with Crippen molar-refractivity contribution >= 4 is 29.4 Å². The van der Waals surface area contributed by atoms with Gasteiger partial charge in [-0.3, -0.25) is 0 Å². The fourth-order valence-corrected chi connectivity index (χ4v) is 2.10. The zero-order valence-electron chi connectivity index (χ0n) is 10.5. The molecule has 0 saturated carbocycles. The highest BCUT2D eigenvalue weighted by Crippen LogP contribution is 2.28. The van der Waals surface area contributed by atoms with Crippen molar-refractivity contribution in [2.24, 2.45) is 0 Å². The lowest BCUT2D eigenvalue weighted by molar-refractivity contribution is -0.130. The Balaban J connectivity index is 1.93. The lowest BCUT2D eigenvalue weighted by Gasteiger charge is -2.01. The first kappa shape index (κ1) is 12.7. The van der Waals surface area contributed by atoms with E-state index in [1.54, 1.807) is 18.2 Å². The van der Waals surface area contributed by atoms with Crippen molar-refractivity contribution in [2.75, 3.05) is 0 Å². The molecule has 0 aromatic heterocycles. The second kappa shape index (κ2) is 5.35. The number of cyclic esters (lactones) is 1. The summed E-state index contributed by atoms with van der Waals surface area (Å²) >= 11 is 5.84.